The zero-order valence-corrected chi connectivity index (χ0v) is 13.0. The minimum absolute atomic E-state index is 0.0387. The van der Waals surface area contributed by atoms with E-state index in [4.69, 9.17) is 11.6 Å². The minimum Gasteiger partial charge on any atom is -0.332 e. The molecule has 2 heterocycles. The molecule has 1 atom stereocenters. The maximum Gasteiger partial charge on any atom is 0.272 e. The number of pyridine rings is 1. The third-order valence-corrected chi connectivity index (χ3v) is 4.29. The number of para-hydroxylation sites is 1. The predicted molar refractivity (Wildman–Crippen MR) is 84.7 cm³/mol. The second-order valence-corrected chi connectivity index (χ2v) is 6.02. The van der Waals surface area contributed by atoms with Crippen LogP contribution in [-0.2, 0) is 0 Å². The molecule has 1 fully saturated rings. The number of aromatic nitrogens is 1. The first-order valence-electron chi connectivity index (χ1n) is 7.11. The van der Waals surface area contributed by atoms with Gasteiger partial charge in [-0.25, -0.2) is 4.98 Å². The van der Waals surface area contributed by atoms with Gasteiger partial charge in [0.2, 0.25) is 0 Å². The number of carbonyl (C=O) groups is 1. The Morgan fingerprint density at radius 2 is 2.10 bits per heavy atom. The summed E-state index contributed by atoms with van der Waals surface area (Å²) in [5, 5.41) is 1.45. The Morgan fingerprint density at radius 1 is 1.33 bits per heavy atom. The van der Waals surface area contributed by atoms with E-state index in [9.17, 15) is 4.79 Å². The number of halogens is 1. The molecule has 1 aromatic heterocycles. The molecule has 0 N–H and O–H groups in total. The summed E-state index contributed by atoms with van der Waals surface area (Å²) in [7, 11) is 2.07. The molecule has 5 heteroatoms. The third-order valence-electron chi connectivity index (χ3n) is 3.98. The molecule has 1 unspecified atom stereocenters. The topological polar surface area (TPSA) is 36.4 Å². The Labute approximate surface area is 129 Å². The van der Waals surface area contributed by atoms with E-state index in [0.29, 0.717) is 10.7 Å². The summed E-state index contributed by atoms with van der Waals surface area (Å²) >= 11 is 6.29. The first-order valence-corrected chi connectivity index (χ1v) is 7.49. The highest BCUT2D eigenvalue weighted by atomic mass is 35.5. The van der Waals surface area contributed by atoms with Crippen LogP contribution >= 0.6 is 11.6 Å². The molecule has 2 aromatic rings. The average molecular weight is 304 g/mol. The van der Waals surface area contributed by atoms with Crippen molar-refractivity contribution < 1.29 is 4.79 Å². The van der Waals surface area contributed by atoms with E-state index < -0.39 is 0 Å². The molecule has 1 aliphatic rings. The summed E-state index contributed by atoms with van der Waals surface area (Å²) in [5.41, 5.74) is 1.19. The smallest absolute Gasteiger partial charge is 0.272 e. The van der Waals surface area contributed by atoms with Crippen LogP contribution in [-0.4, -0.2) is 53.4 Å². The van der Waals surface area contributed by atoms with E-state index in [1.807, 2.05) is 29.2 Å². The van der Waals surface area contributed by atoms with Crippen LogP contribution in [0.5, 0.6) is 0 Å². The molecule has 3 rings (SSSR count). The lowest BCUT2D eigenvalue weighted by Crippen LogP contribution is -2.52. The first kappa shape index (κ1) is 14.3. The Balaban J connectivity index is 1.94. The van der Waals surface area contributed by atoms with Crippen molar-refractivity contribution in [3.8, 4) is 0 Å². The quantitative estimate of drug-likeness (QED) is 0.812. The van der Waals surface area contributed by atoms with Crippen molar-refractivity contribution in [2.75, 3.05) is 26.7 Å². The van der Waals surface area contributed by atoms with Gasteiger partial charge in [-0.3, -0.25) is 4.79 Å². The first-order chi connectivity index (χ1) is 10.1. The van der Waals surface area contributed by atoms with E-state index in [1.54, 1.807) is 6.07 Å². The van der Waals surface area contributed by atoms with E-state index >= 15 is 0 Å². The molecule has 1 aromatic carbocycles. The van der Waals surface area contributed by atoms with Crippen LogP contribution in [0.1, 0.15) is 17.4 Å². The number of benzene rings is 1. The van der Waals surface area contributed by atoms with Crippen LogP contribution in [0.3, 0.4) is 0 Å². The van der Waals surface area contributed by atoms with Gasteiger partial charge in [-0.15, -0.1) is 0 Å². The largest absolute Gasteiger partial charge is 0.332 e. The molecule has 0 radical (unpaired) electrons. The van der Waals surface area contributed by atoms with Crippen molar-refractivity contribution in [3.63, 3.8) is 0 Å². The second-order valence-electron chi connectivity index (χ2n) is 5.62. The molecule has 1 saturated heterocycles. The number of hydrogen-bond acceptors (Lipinski definition) is 3. The summed E-state index contributed by atoms with van der Waals surface area (Å²) in [6.45, 7) is 4.56. The van der Waals surface area contributed by atoms with Crippen LogP contribution in [0, 0.1) is 0 Å². The molecule has 1 amide bonds. The van der Waals surface area contributed by atoms with Gasteiger partial charge in [-0.1, -0.05) is 29.8 Å². The van der Waals surface area contributed by atoms with Crippen molar-refractivity contribution in [1.29, 1.82) is 0 Å². The number of likely N-dealkylation sites (N-methyl/N-ethyl adjacent to an activating group) is 1. The zero-order valence-electron chi connectivity index (χ0n) is 12.2. The molecule has 4 nitrogen and oxygen atoms in total. The van der Waals surface area contributed by atoms with Gasteiger partial charge in [0.15, 0.2) is 0 Å². The molecule has 21 heavy (non-hydrogen) atoms. The van der Waals surface area contributed by atoms with Crippen LogP contribution in [0.15, 0.2) is 30.3 Å². The highest BCUT2D eigenvalue weighted by Crippen LogP contribution is 2.24. The lowest BCUT2D eigenvalue weighted by atomic mass is 10.1. The van der Waals surface area contributed by atoms with Crippen LogP contribution in [0.2, 0.25) is 5.02 Å². The standard InChI is InChI=1S/C16H18ClN3O/c1-11-10-19(2)7-8-20(11)16(21)15-9-13(17)12-5-3-4-6-14(12)18-15/h3-6,9,11H,7-8,10H2,1-2H3. The van der Waals surface area contributed by atoms with Crippen LogP contribution in [0.25, 0.3) is 10.9 Å². The lowest BCUT2D eigenvalue weighted by Gasteiger charge is -2.38. The highest BCUT2D eigenvalue weighted by molar-refractivity contribution is 6.35. The number of hydrogen-bond donors (Lipinski definition) is 0. The number of nitrogens with zero attached hydrogens (tertiary/aromatic N) is 3. The van der Waals surface area contributed by atoms with E-state index in [-0.39, 0.29) is 11.9 Å². The summed E-state index contributed by atoms with van der Waals surface area (Å²) in [5.74, 6) is -0.0387. The SMILES string of the molecule is CC1CN(C)CCN1C(=O)c1cc(Cl)c2ccccc2n1. The van der Waals surface area contributed by atoms with Gasteiger partial charge in [0.25, 0.3) is 5.91 Å². The Morgan fingerprint density at radius 3 is 2.86 bits per heavy atom. The van der Waals surface area contributed by atoms with E-state index in [1.165, 1.54) is 0 Å². The third kappa shape index (κ3) is 2.74. The van der Waals surface area contributed by atoms with E-state index in [0.717, 1.165) is 30.5 Å². The number of fused-ring (bicyclic) bond motifs is 1. The Bertz CT molecular complexity index is 688. The van der Waals surface area contributed by atoms with Crippen molar-refractivity contribution >= 4 is 28.4 Å². The molecule has 0 aliphatic carbocycles. The normalized spacial score (nSPS) is 20.0. The van der Waals surface area contributed by atoms with Crippen molar-refractivity contribution in [1.82, 2.24) is 14.8 Å². The molecule has 0 saturated carbocycles. The average Bonchev–Trinajstić information content (AvgIpc) is 2.46. The maximum absolute atomic E-state index is 12.7. The van der Waals surface area contributed by atoms with Crippen LogP contribution in [0.4, 0.5) is 0 Å². The minimum atomic E-state index is -0.0387. The van der Waals surface area contributed by atoms with Gasteiger partial charge < -0.3 is 9.80 Å². The number of carbonyl (C=O) groups excluding carboxylic acids is 1. The van der Waals surface area contributed by atoms with Crippen molar-refractivity contribution in [2.45, 2.75) is 13.0 Å². The monoisotopic (exact) mass is 303 g/mol. The number of piperazine rings is 1. The van der Waals surface area contributed by atoms with Crippen molar-refractivity contribution in [3.05, 3.63) is 41.0 Å². The highest BCUT2D eigenvalue weighted by Gasteiger charge is 2.27. The van der Waals surface area contributed by atoms with Gasteiger partial charge in [0, 0.05) is 31.1 Å². The molecular formula is C16H18ClN3O. The second kappa shape index (κ2) is 5.62. The number of rotatable bonds is 1. The van der Waals surface area contributed by atoms with E-state index in [2.05, 4.69) is 23.9 Å². The van der Waals surface area contributed by atoms with Gasteiger partial charge in [0.05, 0.1) is 10.5 Å². The molecule has 1 aliphatic heterocycles. The summed E-state index contributed by atoms with van der Waals surface area (Å²) in [6.07, 6.45) is 0. The Kier molecular flexibility index (Phi) is 3.83. The molecule has 110 valence electrons. The number of amides is 1. The summed E-state index contributed by atoms with van der Waals surface area (Å²) < 4.78 is 0. The summed E-state index contributed by atoms with van der Waals surface area (Å²) in [4.78, 5) is 21.3. The van der Waals surface area contributed by atoms with Crippen LogP contribution < -0.4 is 0 Å². The Hall–Kier alpha value is -1.65. The molecule has 0 spiro atoms. The summed E-state index contributed by atoms with van der Waals surface area (Å²) in [6, 6.07) is 9.47. The fourth-order valence-electron chi connectivity index (χ4n) is 2.83. The lowest BCUT2D eigenvalue weighted by molar-refractivity contribution is 0.0528. The fraction of sp³-hybridized carbons (Fsp3) is 0.375. The maximum atomic E-state index is 12.7. The van der Waals surface area contributed by atoms with Gasteiger partial charge in [-0.2, -0.15) is 0 Å². The van der Waals surface area contributed by atoms with Gasteiger partial charge in [-0.05, 0) is 26.1 Å². The molecular weight excluding hydrogens is 286 g/mol. The van der Waals surface area contributed by atoms with Gasteiger partial charge >= 0.3 is 0 Å². The molecule has 0 bridgehead atoms. The predicted octanol–water partition coefficient (Wildman–Crippen LogP) is 2.66. The fourth-order valence-corrected chi connectivity index (χ4v) is 3.09. The zero-order chi connectivity index (χ0) is 15.0. The van der Waals surface area contributed by atoms with Crippen molar-refractivity contribution in [2.24, 2.45) is 0 Å². The van der Waals surface area contributed by atoms with Gasteiger partial charge in [0.1, 0.15) is 5.69 Å².